The predicted octanol–water partition coefficient (Wildman–Crippen LogP) is 1.86. The Morgan fingerprint density at radius 2 is 2.00 bits per heavy atom. The number of nitrogens with zero attached hydrogens (tertiary/aromatic N) is 4. The van der Waals surface area contributed by atoms with Gasteiger partial charge in [0.2, 0.25) is 0 Å². The van der Waals surface area contributed by atoms with Crippen LogP contribution in [0.4, 0.5) is 10.6 Å². The summed E-state index contributed by atoms with van der Waals surface area (Å²) in [5.41, 5.74) is 1.70. The molecule has 0 saturated carbocycles. The maximum atomic E-state index is 12.0. The molecular formula is C17H24N6O2. The highest BCUT2D eigenvalue weighted by Gasteiger charge is 2.22. The van der Waals surface area contributed by atoms with E-state index in [1.54, 1.807) is 0 Å². The maximum Gasteiger partial charge on any atom is 0.315 e. The molecule has 0 aliphatic carbocycles. The first-order chi connectivity index (χ1) is 12.0. The molecule has 3 rings (SSSR count). The third-order valence-corrected chi connectivity index (χ3v) is 4.21. The van der Waals surface area contributed by atoms with Crippen molar-refractivity contribution in [1.29, 1.82) is 0 Å². The quantitative estimate of drug-likeness (QED) is 0.879. The standard InChI is InChI=1S/C17H24N6O2/c1-11-8-16(20-13(3)19-11)23-6-4-14(5-7-23)21-17(24)18-10-15-9-12(2)25-22-15/h8-9,14H,4-7,10H2,1-3H3,(H2,18,21,24). The molecule has 2 amide bonds. The van der Waals surface area contributed by atoms with Crippen LogP contribution in [0.2, 0.25) is 0 Å². The van der Waals surface area contributed by atoms with Crippen molar-refractivity contribution in [2.24, 2.45) is 0 Å². The number of urea groups is 1. The lowest BCUT2D eigenvalue weighted by atomic mass is 10.1. The summed E-state index contributed by atoms with van der Waals surface area (Å²) in [6.45, 7) is 7.80. The van der Waals surface area contributed by atoms with Gasteiger partial charge in [0, 0.05) is 37.0 Å². The van der Waals surface area contributed by atoms with E-state index < -0.39 is 0 Å². The van der Waals surface area contributed by atoms with Crippen LogP contribution in [-0.4, -0.2) is 40.3 Å². The molecule has 1 aliphatic rings. The lowest BCUT2D eigenvalue weighted by Gasteiger charge is -2.33. The van der Waals surface area contributed by atoms with Crippen molar-refractivity contribution in [2.45, 2.75) is 46.2 Å². The van der Waals surface area contributed by atoms with Crippen LogP contribution in [0.25, 0.3) is 0 Å². The molecule has 1 fully saturated rings. The molecule has 1 aliphatic heterocycles. The van der Waals surface area contributed by atoms with E-state index in [9.17, 15) is 4.79 Å². The van der Waals surface area contributed by atoms with Crippen LogP contribution in [0.15, 0.2) is 16.7 Å². The van der Waals surface area contributed by atoms with E-state index >= 15 is 0 Å². The number of anilines is 1. The van der Waals surface area contributed by atoms with Gasteiger partial charge in [0.05, 0.1) is 6.54 Å². The van der Waals surface area contributed by atoms with Gasteiger partial charge in [-0.25, -0.2) is 14.8 Å². The Morgan fingerprint density at radius 1 is 1.24 bits per heavy atom. The number of aryl methyl sites for hydroxylation is 3. The number of amides is 2. The predicted molar refractivity (Wildman–Crippen MR) is 93.4 cm³/mol. The second-order valence-corrected chi connectivity index (χ2v) is 6.43. The van der Waals surface area contributed by atoms with E-state index in [-0.39, 0.29) is 12.1 Å². The number of carbonyl (C=O) groups excluding carboxylic acids is 1. The lowest BCUT2D eigenvalue weighted by Crippen LogP contribution is -2.48. The van der Waals surface area contributed by atoms with E-state index in [2.05, 4.69) is 30.7 Å². The molecule has 0 spiro atoms. The third-order valence-electron chi connectivity index (χ3n) is 4.21. The molecule has 0 bridgehead atoms. The largest absolute Gasteiger partial charge is 0.361 e. The van der Waals surface area contributed by atoms with Crippen LogP contribution in [0, 0.1) is 20.8 Å². The van der Waals surface area contributed by atoms with Crippen molar-refractivity contribution in [3.63, 3.8) is 0 Å². The molecule has 2 aromatic heterocycles. The van der Waals surface area contributed by atoms with Gasteiger partial charge in [0.1, 0.15) is 23.1 Å². The van der Waals surface area contributed by atoms with Crippen molar-refractivity contribution in [3.05, 3.63) is 35.1 Å². The third kappa shape index (κ3) is 4.68. The maximum absolute atomic E-state index is 12.0. The Hall–Kier alpha value is -2.64. The van der Waals surface area contributed by atoms with Crippen LogP contribution in [0.3, 0.4) is 0 Å². The van der Waals surface area contributed by atoms with Crippen molar-refractivity contribution in [3.8, 4) is 0 Å². The van der Waals surface area contributed by atoms with Crippen molar-refractivity contribution < 1.29 is 9.32 Å². The molecule has 25 heavy (non-hydrogen) atoms. The topological polar surface area (TPSA) is 96.2 Å². The van der Waals surface area contributed by atoms with E-state index in [4.69, 9.17) is 4.52 Å². The first-order valence-corrected chi connectivity index (χ1v) is 8.53. The van der Waals surface area contributed by atoms with Crippen LogP contribution < -0.4 is 15.5 Å². The molecule has 2 aromatic rings. The number of nitrogens with one attached hydrogen (secondary N) is 2. The smallest absolute Gasteiger partial charge is 0.315 e. The fourth-order valence-electron chi connectivity index (χ4n) is 3.02. The number of rotatable bonds is 4. The van der Waals surface area contributed by atoms with E-state index in [1.807, 2.05) is 32.9 Å². The molecule has 0 aromatic carbocycles. The Labute approximate surface area is 147 Å². The van der Waals surface area contributed by atoms with Gasteiger partial charge in [-0.05, 0) is 33.6 Å². The van der Waals surface area contributed by atoms with Gasteiger partial charge in [0.25, 0.3) is 0 Å². The average molecular weight is 344 g/mol. The van der Waals surface area contributed by atoms with Gasteiger partial charge >= 0.3 is 6.03 Å². The number of hydrogen-bond acceptors (Lipinski definition) is 6. The fraction of sp³-hybridized carbons (Fsp3) is 0.529. The second-order valence-electron chi connectivity index (χ2n) is 6.43. The number of aromatic nitrogens is 3. The lowest BCUT2D eigenvalue weighted by molar-refractivity contribution is 0.233. The fourth-order valence-corrected chi connectivity index (χ4v) is 3.02. The zero-order valence-corrected chi connectivity index (χ0v) is 14.9. The van der Waals surface area contributed by atoms with Gasteiger partial charge in [-0.1, -0.05) is 5.16 Å². The monoisotopic (exact) mass is 344 g/mol. The highest BCUT2D eigenvalue weighted by molar-refractivity contribution is 5.74. The molecule has 134 valence electrons. The zero-order chi connectivity index (χ0) is 17.8. The summed E-state index contributed by atoms with van der Waals surface area (Å²) >= 11 is 0. The van der Waals surface area contributed by atoms with E-state index in [1.165, 1.54) is 0 Å². The summed E-state index contributed by atoms with van der Waals surface area (Å²) < 4.78 is 4.98. The average Bonchev–Trinajstić information content (AvgIpc) is 2.98. The Morgan fingerprint density at radius 3 is 2.64 bits per heavy atom. The normalized spacial score (nSPS) is 15.2. The minimum Gasteiger partial charge on any atom is -0.361 e. The van der Waals surface area contributed by atoms with E-state index in [0.29, 0.717) is 6.54 Å². The Balaban J connectivity index is 1.45. The summed E-state index contributed by atoms with van der Waals surface area (Å²) in [6, 6.07) is 3.81. The number of carbonyl (C=O) groups is 1. The highest BCUT2D eigenvalue weighted by atomic mass is 16.5. The summed E-state index contributed by atoms with van der Waals surface area (Å²) in [4.78, 5) is 23.1. The number of hydrogen-bond donors (Lipinski definition) is 2. The minimum atomic E-state index is -0.173. The van der Waals surface area contributed by atoms with Gasteiger partial charge in [-0.2, -0.15) is 0 Å². The van der Waals surface area contributed by atoms with Gasteiger partial charge in [0.15, 0.2) is 0 Å². The number of piperidine rings is 1. The molecule has 8 nitrogen and oxygen atoms in total. The van der Waals surface area contributed by atoms with Crippen molar-refractivity contribution in [2.75, 3.05) is 18.0 Å². The Bertz CT molecular complexity index is 716. The summed E-state index contributed by atoms with van der Waals surface area (Å²) in [7, 11) is 0. The van der Waals surface area contributed by atoms with E-state index in [0.717, 1.165) is 54.7 Å². The molecule has 0 radical (unpaired) electrons. The summed E-state index contributed by atoms with van der Waals surface area (Å²) in [5, 5.41) is 9.69. The van der Waals surface area contributed by atoms with Crippen LogP contribution >= 0.6 is 0 Å². The summed E-state index contributed by atoms with van der Waals surface area (Å²) in [6.07, 6.45) is 1.77. The van der Waals surface area contributed by atoms with Crippen LogP contribution in [0.5, 0.6) is 0 Å². The molecule has 1 saturated heterocycles. The molecule has 3 heterocycles. The molecule has 0 unspecified atom stereocenters. The van der Waals surface area contributed by atoms with Gasteiger partial charge in [-0.3, -0.25) is 0 Å². The second kappa shape index (κ2) is 7.50. The highest BCUT2D eigenvalue weighted by Crippen LogP contribution is 2.18. The van der Waals surface area contributed by atoms with Crippen LogP contribution in [-0.2, 0) is 6.54 Å². The first-order valence-electron chi connectivity index (χ1n) is 8.53. The molecule has 0 atom stereocenters. The zero-order valence-electron chi connectivity index (χ0n) is 14.9. The minimum absolute atomic E-state index is 0.166. The van der Waals surface area contributed by atoms with Crippen molar-refractivity contribution >= 4 is 11.8 Å². The van der Waals surface area contributed by atoms with Crippen LogP contribution in [0.1, 0.15) is 35.8 Å². The summed E-state index contributed by atoms with van der Waals surface area (Å²) in [5.74, 6) is 2.49. The van der Waals surface area contributed by atoms with Gasteiger partial charge in [-0.15, -0.1) is 0 Å². The SMILES string of the molecule is Cc1cc(N2CCC(NC(=O)NCc3cc(C)on3)CC2)nc(C)n1. The first kappa shape index (κ1) is 17.2. The van der Waals surface area contributed by atoms with Crippen molar-refractivity contribution in [1.82, 2.24) is 25.8 Å². The molecule has 2 N–H and O–H groups in total. The molecule has 8 heteroatoms. The molecular weight excluding hydrogens is 320 g/mol. The van der Waals surface area contributed by atoms with Gasteiger partial charge < -0.3 is 20.1 Å². The Kier molecular flexibility index (Phi) is 5.16.